The SMILES string of the molecule is Cc1ccc(CC(=O)C2(c3ccc4c(c3)OCO4)CC2)cc1-c1ccc(C(=O)NCCCN(C)C)cc1.[HH]. The van der Waals surface area contributed by atoms with Crippen molar-refractivity contribution in [2.75, 3.05) is 34.0 Å². The lowest BCUT2D eigenvalue weighted by molar-refractivity contribution is -0.120. The number of carbonyl (C=O) groups excluding carboxylic acids is 2. The number of Topliss-reactive ketones (excluding diaryl/α,β-unsaturated/α-hetero) is 1. The fraction of sp³-hybridized carbons (Fsp3) is 0.355. The first-order valence-electron chi connectivity index (χ1n) is 12.9. The predicted molar refractivity (Wildman–Crippen MR) is 146 cm³/mol. The number of ether oxygens (including phenoxy) is 2. The number of hydrogen-bond acceptors (Lipinski definition) is 5. The third-order valence-electron chi connectivity index (χ3n) is 7.40. The summed E-state index contributed by atoms with van der Waals surface area (Å²) < 4.78 is 11.0. The maximum atomic E-state index is 13.5. The molecule has 0 radical (unpaired) electrons. The van der Waals surface area contributed by atoms with Gasteiger partial charge in [0, 0.05) is 20.0 Å². The van der Waals surface area contributed by atoms with E-state index < -0.39 is 5.41 Å². The quantitative estimate of drug-likeness (QED) is 0.390. The van der Waals surface area contributed by atoms with E-state index in [4.69, 9.17) is 9.47 Å². The molecule has 37 heavy (non-hydrogen) atoms. The highest BCUT2D eigenvalue weighted by atomic mass is 16.7. The van der Waals surface area contributed by atoms with Crippen LogP contribution >= 0.6 is 0 Å². The van der Waals surface area contributed by atoms with Crippen LogP contribution in [0.5, 0.6) is 11.5 Å². The summed E-state index contributed by atoms with van der Waals surface area (Å²) in [6.07, 6.45) is 3.03. The minimum atomic E-state index is -0.423. The molecule has 0 atom stereocenters. The molecule has 1 saturated carbocycles. The van der Waals surface area contributed by atoms with Crippen molar-refractivity contribution in [2.45, 2.75) is 38.0 Å². The molecule has 6 heteroatoms. The van der Waals surface area contributed by atoms with Gasteiger partial charge in [0.05, 0.1) is 5.41 Å². The number of benzene rings is 3. The smallest absolute Gasteiger partial charge is 0.251 e. The van der Waals surface area contributed by atoms with Gasteiger partial charge in [0.15, 0.2) is 11.5 Å². The number of rotatable bonds is 10. The van der Waals surface area contributed by atoms with E-state index in [0.29, 0.717) is 18.5 Å². The lowest BCUT2D eigenvalue weighted by Gasteiger charge is -2.16. The Bertz CT molecular complexity index is 1320. The average Bonchev–Trinajstić information content (AvgIpc) is 3.58. The molecule has 0 unspecified atom stereocenters. The molecule has 194 valence electrons. The Hall–Kier alpha value is -3.64. The van der Waals surface area contributed by atoms with Gasteiger partial charge in [-0.1, -0.05) is 36.4 Å². The Morgan fingerprint density at radius 1 is 0.973 bits per heavy atom. The first kappa shape index (κ1) is 25.0. The number of hydrogen-bond donors (Lipinski definition) is 1. The summed E-state index contributed by atoms with van der Waals surface area (Å²) in [6.45, 7) is 3.90. The summed E-state index contributed by atoms with van der Waals surface area (Å²) in [5, 5.41) is 2.98. The van der Waals surface area contributed by atoms with Crippen LogP contribution in [-0.4, -0.2) is 50.6 Å². The molecule has 3 aromatic carbocycles. The molecule has 1 aliphatic heterocycles. The molecule has 0 saturated heterocycles. The van der Waals surface area contributed by atoms with E-state index in [2.05, 4.69) is 29.3 Å². The molecule has 1 amide bonds. The van der Waals surface area contributed by atoms with Crippen molar-refractivity contribution in [3.8, 4) is 22.6 Å². The van der Waals surface area contributed by atoms with Crippen molar-refractivity contribution in [3.63, 3.8) is 0 Å². The molecule has 3 aromatic rings. The molecule has 1 heterocycles. The first-order chi connectivity index (χ1) is 17.9. The van der Waals surface area contributed by atoms with Crippen LogP contribution in [0.2, 0.25) is 0 Å². The van der Waals surface area contributed by atoms with Crippen LogP contribution in [0, 0.1) is 6.92 Å². The van der Waals surface area contributed by atoms with Gasteiger partial charge < -0.3 is 19.7 Å². The molecule has 5 rings (SSSR count). The van der Waals surface area contributed by atoms with Gasteiger partial charge in [-0.15, -0.1) is 0 Å². The van der Waals surface area contributed by atoms with Crippen molar-refractivity contribution in [1.82, 2.24) is 10.2 Å². The van der Waals surface area contributed by atoms with E-state index in [-0.39, 0.29) is 19.9 Å². The highest BCUT2D eigenvalue weighted by Gasteiger charge is 2.50. The summed E-state index contributed by atoms with van der Waals surface area (Å²) in [5.74, 6) is 1.64. The molecular weight excluding hydrogens is 464 g/mol. The molecule has 1 fully saturated rings. The molecular formula is C31H36N2O4. The van der Waals surface area contributed by atoms with Crippen molar-refractivity contribution < 1.29 is 20.5 Å². The van der Waals surface area contributed by atoms with Crippen LogP contribution in [0.1, 0.15) is 47.7 Å². The third kappa shape index (κ3) is 5.39. The largest absolute Gasteiger partial charge is 0.454 e. The summed E-state index contributed by atoms with van der Waals surface area (Å²) in [7, 11) is 4.05. The highest BCUT2D eigenvalue weighted by molar-refractivity contribution is 5.95. The Morgan fingerprint density at radius 2 is 1.73 bits per heavy atom. The number of aryl methyl sites for hydroxylation is 1. The first-order valence-corrected chi connectivity index (χ1v) is 12.9. The fourth-order valence-corrected chi connectivity index (χ4v) is 4.99. The van der Waals surface area contributed by atoms with E-state index in [9.17, 15) is 9.59 Å². The minimum Gasteiger partial charge on any atom is -0.454 e. The zero-order valence-electron chi connectivity index (χ0n) is 21.8. The number of ketones is 1. The van der Waals surface area contributed by atoms with Crippen LogP contribution in [0.15, 0.2) is 60.7 Å². The van der Waals surface area contributed by atoms with Gasteiger partial charge in [0.25, 0.3) is 5.91 Å². The van der Waals surface area contributed by atoms with E-state index in [0.717, 1.165) is 65.1 Å². The topological polar surface area (TPSA) is 67.9 Å². The number of nitrogens with zero attached hydrogens (tertiary/aromatic N) is 1. The van der Waals surface area contributed by atoms with Crippen molar-refractivity contribution in [1.29, 1.82) is 0 Å². The fourth-order valence-electron chi connectivity index (χ4n) is 4.99. The van der Waals surface area contributed by atoms with Gasteiger partial charge in [-0.2, -0.15) is 0 Å². The summed E-state index contributed by atoms with van der Waals surface area (Å²) in [6, 6.07) is 19.8. The summed E-state index contributed by atoms with van der Waals surface area (Å²) in [4.78, 5) is 28.1. The van der Waals surface area contributed by atoms with Crippen molar-refractivity contribution in [3.05, 3.63) is 82.9 Å². The average molecular weight is 501 g/mol. The normalized spacial score (nSPS) is 15.0. The number of carbonyl (C=O) groups is 2. The monoisotopic (exact) mass is 500 g/mol. The van der Waals surface area contributed by atoms with Gasteiger partial charge in [-0.3, -0.25) is 9.59 Å². The van der Waals surface area contributed by atoms with Crippen LogP contribution < -0.4 is 14.8 Å². The highest BCUT2D eigenvalue weighted by Crippen LogP contribution is 2.51. The zero-order valence-corrected chi connectivity index (χ0v) is 21.8. The number of nitrogens with one attached hydrogen (secondary N) is 1. The molecule has 1 aliphatic carbocycles. The van der Waals surface area contributed by atoms with Crippen LogP contribution in [0.25, 0.3) is 11.1 Å². The molecule has 1 N–H and O–H groups in total. The molecule has 0 spiro atoms. The second-order valence-electron chi connectivity index (χ2n) is 10.4. The van der Waals surface area contributed by atoms with Gasteiger partial charge in [0.1, 0.15) is 5.78 Å². The second kappa shape index (κ2) is 10.4. The van der Waals surface area contributed by atoms with E-state index in [1.807, 2.05) is 62.6 Å². The molecule has 6 nitrogen and oxygen atoms in total. The summed E-state index contributed by atoms with van der Waals surface area (Å²) in [5.41, 5.74) is 5.49. The number of amides is 1. The minimum absolute atomic E-state index is 0. The van der Waals surface area contributed by atoms with Crippen LogP contribution in [0.3, 0.4) is 0 Å². The van der Waals surface area contributed by atoms with E-state index in [1.165, 1.54) is 0 Å². The van der Waals surface area contributed by atoms with E-state index in [1.54, 1.807) is 0 Å². The summed E-state index contributed by atoms with van der Waals surface area (Å²) >= 11 is 0. The standard InChI is InChI=1S/C31H34N2O4.H2/c1-21-5-6-22(18-29(34)31(13-14-31)25-11-12-27-28(19-25)37-20-36-27)17-26(21)23-7-9-24(10-8-23)30(35)32-15-4-16-33(2)3;/h5-12,17,19H,4,13-16,18,20H2,1-3H3,(H,32,35);1H. The second-order valence-corrected chi connectivity index (χ2v) is 10.4. The molecule has 0 bridgehead atoms. The Kier molecular flexibility index (Phi) is 7.02. The Balaban J connectivity index is 0.00000336. The van der Waals surface area contributed by atoms with Gasteiger partial charge in [-0.25, -0.2) is 0 Å². The molecule has 0 aromatic heterocycles. The zero-order chi connectivity index (χ0) is 26.0. The van der Waals surface area contributed by atoms with E-state index >= 15 is 0 Å². The van der Waals surface area contributed by atoms with Crippen molar-refractivity contribution in [2.24, 2.45) is 0 Å². The maximum Gasteiger partial charge on any atom is 0.251 e. The van der Waals surface area contributed by atoms with Gasteiger partial charge >= 0.3 is 0 Å². The maximum absolute atomic E-state index is 13.5. The predicted octanol–water partition coefficient (Wildman–Crippen LogP) is 5.16. The van der Waals surface area contributed by atoms with Crippen LogP contribution in [-0.2, 0) is 16.6 Å². The van der Waals surface area contributed by atoms with Crippen molar-refractivity contribution >= 4 is 11.7 Å². The van der Waals surface area contributed by atoms with Crippen LogP contribution in [0.4, 0.5) is 0 Å². The Morgan fingerprint density at radius 3 is 2.46 bits per heavy atom. The number of fused-ring (bicyclic) bond motifs is 1. The third-order valence-corrected chi connectivity index (χ3v) is 7.40. The lowest BCUT2D eigenvalue weighted by Crippen LogP contribution is -2.27. The lowest BCUT2D eigenvalue weighted by atomic mass is 9.87. The van der Waals surface area contributed by atoms with Gasteiger partial charge in [-0.05, 0) is 98.9 Å². The molecule has 2 aliphatic rings. The Labute approximate surface area is 220 Å². The van der Waals surface area contributed by atoms with Gasteiger partial charge in [0.2, 0.25) is 6.79 Å².